The summed E-state index contributed by atoms with van der Waals surface area (Å²) in [5.41, 5.74) is 1.21. The maximum Gasteiger partial charge on any atom is 0.419 e. The molecule has 3 rings (SSSR count). The number of nitrogen functional groups attached to an aromatic ring is 1. The summed E-state index contributed by atoms with van der Waals surface area (Å²) in [5, 5.41) is 7.63. The van der Waals surface area contributed by atoms with Gasteiger partial charge in [-0.2, -0.15) is 13.2 Å². The Morgan fingerprint density at radius 2 is 1.92 bits per heavy atom. The second-order valence-corrected chi connectivity index (χ2v) is 5.39. The number of hydrogen-bond acceptors (Lipinski definition) is 6. The number of carbonyl (C=O) groups is 1. The van der Waals surface area contributed by atoms with Crippen molar-refractivity contribution in [3.63, 3.8) is 0 Å². The maximum absolute atomic E-state index is 12.9. The molecular weight excluding hydrogens is 339 g/mol. The van der Waals surface area contributed by atoms with Crippen molar-refractivity contribution in [2.45, 2.75) is 12.3 Å². The van der Waals surface area contributed by atoms with E-state index in [1.807, 2.05) is 5.43 Å². The molecule has 0 unspecified atom stereocenters. The van der Waals surface area contributed by atoms with Crippen LogP contribution in [0.2, 0.25) is 0 Å². The number of hydrazine groups is 1. The number of hydrogen-bond donors (Lipinski definition) is 2. The van der Waals surface area contributed by atoms with Gasteiger partial charge in [0.15, 0.2) is 11.5 Å². The van der Waals surface area contributed by atoms with Gasteiger partial charge in [0.05, 0.1) is 18.7 Å². The molecule has 1 amide bonds. The number of ether oxygens (including phenoxy) is 1. The zero-order valence-electron chi connectivity index (χ0n) is 12.8. The Bertz CT molecular complexity index is 761. The zero-order valence-corrected chi connectivity index (χ0v) is 12.8. The smallest absolute Gasteiger partial charge is 0.419 e. The summed E-state index contributed by atoms with van der Waals surface area (Å²) in [6.07, 6.45) is -4.86. The van der Waals surface area contributed by atoms with Crippen molar-refractivity contribution in [3.05, 3.63) is 47.7 Å². The Morgan fingerprint density at radius 3 is 2.52 bits per heavy atom. The number of carbonyl (C=O) groups excluding carboxylic acids is 1. The van der Waals surface area contributed by atoms with Crippen LogP contribution in [0.3, 0.4) is 0 Å². The summed E-state index contributed by atoms with van der Waals surface area (Å²) in [7, 11) is 0. The molecule has 1 saturated heterocycles. The fourth-order valence-electron chi connectivity index (χ4n) is 2.37. The number of aromatic nitrogens is 2. The van der Waals surface area contributed by atoms with Crippen LogP contribution in [0.4, 0.5) is 19.0 Å². The van der Waals surface area contributed by atoms with E-state index < -0.39 is 23.8 Å². The van der Waals surface area contributed by atoms with E-state index in [0.29, 0.717) is 18.9 Å². The van der Waals surface area contributed by atoms with E-state index in [1.165, 1.54) is 24.3 Å². The van der Waals surface area contributed by atoms with Gasteiger partial charge in [0, 0.05) is 0 Å². The van der Waals surface area contributed by atoms with Gasteiger partial charge in [0.1, 0.15) is 11.9 Å². The molecule has 1 fully saturated rings. The molecule has 1 aliphatic rings. The van der Waals surface area contributed by atoms with Gasteiger partial charge >= 0.3 is 6.18 Å². The highest BCUT2D eigenvalue weighted by molar-refractivity contribution is 5.91. The standard InChI is InChI=1S/C15H14F3N5O2/c16-15(17,18)10-3-1-2-4-12(10)25-9-7-23(8-9)13-6-5-11(21-22-13)14(24)20-19/h1-6,9H,7-8,19H2,(H,20,24). The van der Waals surface area contributed by atoms with E-state index in [-0.39, 0.29) is 11.4 Å². The molecule has 2 aromatic rings. The minimum atomic E-state index is -4.47. The van der Waals surface area contributed by atoms with Gasteiger partial charge in [-0.1, -0.05) is 12.1 Å². The topological polar surface area (TPSA) is 93.4 Å². The fourth-order valence-corrected chi connectivity index (χ4v) is 2.37. The van der Waals surface area contributed by atoms with Crippen LogP contribution in [-0.4, -0.2) is 35.3 Å². The zero-order chi connectivity index (χ0) is 18.0. The number of nitrogens with zero attached hydrogens (tertiary/aromatic N) is 3. The van der Waals surface area contributed by atoms with Crippen molar-refractivity contribution in [1.82, 2.24) is 15.6 Å². The predicted molar refractivity (Wildman–Crippen MR) is 81.8 cm³/mol. The fraction of sp³-hybridized carbons (Fsp3) is 0.267. The molecule has 10 heteroatoms. The van der Waals surface area contributed by atoms with E-state index >= 15 is 0 Å². The van der Waals surface area contributed by atoms with E-state index in [0.717, 1.165) is 6.07 Å². The van der Waals surface area contributed by atoms with Gasteiger partial charge in [0.2, 0.25) is 0 Å². The summed E-state index contributed by atoms with van der Waals surface area (Å²) in [6.45, 7) is 0.729. The van der Waals surface area contributed by atoms with Gasteiger partial charge in [-0.25, -0.2) is 5.84 Å². The van der Waals surface area contributed by atoms with Crippen molar-refractivity contribution in [2.75, 3.05) is 18.0 Å². The number of amides is 1. The molecule has 132 valence electrons. The molecule has 7 nitrogen and oxygen atoms in total. The first-order valence-corrected chi connectivity index (χ1v) is 7.31. The average molecular weight is 353 g/mol. The third-order valence-electron chi connectivity index (χ3n) is 3.67. The lowest BCUT2D eigenvalue weighted by Crippen LogP contribution is -2.54. The molecule has 2 heterocycles. The van der Waals surface area contributed by atoms with Crippen LogP contribution in [0.15, 0.2) is 36.4 Å². The van der Waals surface area contributed by atoms with E-state index in [4.69, 9.17) is 10.6 Å². The van der Waals surface area contributed by atoms with Crippen molar-refractivity contribution >= 4 is 11.7 Å². The number of nitrogens with two attached hydrogens (primary N) is 1. The Kier molecular flexibility index (Phi) is 4.45. The highest BCUT2D eigenvalue weighted by Crippen LogP contribution is 2.37. The second-order valence-electron chi connectivity index (χ2n) is 5.39. The first kappa shape index (κ1) is 17.0. The first-order chi connectivity index (χ1) is 11.9. The summed E-state index contributed by atoms with van der Waals surface area (Å²) in [5.74, 6) is 4.74. The first-order valence-electron chi connectivity index (χ1n) is 7.31. The van der Waals surface area contributed by atoms with Crippen LogP contribution in [0.25, 0.3) is 0 Å². The largest absolute Gasteiger partial charge is 0.486 e. The SMILES string of the molecule is NNC(=O)c1ccc(N2CC(Oc3ccccc3C(F)(F)F)C2)nn1. The maximum atomic E-state index is 12.9. The highest BCUT2D eigenvalue weighted by Gasteiger charge is 2.36. The van der Waals surface area contributed by atoms with E-state index in [2.05, 4.69) is 10.2 Å². The number of benzene rings is 1. The summed E-state index contributed by atoms with van der Waals surface area (Å²) in [6, 6.07) is 8.13. The third kappa shape index (κ3) is 3.63. The molecule has 0 spiro atoms. The molecule has 3 N–H and O–H groups in total. The molecule has 25 heavy (non-hydrogen) atoms. The number of anilines is 1. The quantitative estimate of drug-likeness (QED) is 0.490. The number of halogens is 3. The van der Waals surface area contributed by atoms with Crippen molar-refractivity contribution < 1.29 is 22.7 Å². The molecule has 1 aromatic heterocycles. The monoisotopic (exact) mass is 353 g/mol. The molecule has 0 radical (unpaired) electrons. The minimum absolute atomic E-state index is 0.0682. The second kappa shape index (κ2) is 6.55. The Morgan fingerprint density at radius 1 is 1.20 bits per heavy atom. The summed E-state index contributed by atoms with van der Waals surface area (Å²) >= 11 is 0. The predicted octanol–water partition coefficient (Wildman–Crippen LogP) is 1.37. The number of para-hydroxylation sites is 1. The third-order valence-corrected chi connectivity index (χ3v) is 3.67. The molecular formula is C15H14F3N5O2. The Hall–Kier alpha value is -2.88. The molecule has 0 saturated carbocycles. The van der Waals surface area contributed by atoms with Crippen LogP contribution in [0.5, 0.6) is 5.75 Å². The van der Waals surface area contributed by atoms with Crippen molar-refractivity contribution in [1.29, 1.82) is 0 Å². The number of nitrogens with one attached hydrogen (secondary N) is 1. The summed E-state index contributed by atoms with van der Waals surface area (Å²) < 4.78 is 44.3. The van der Waals surface area contributed by atoms with Crippen LogP contribution in [0.1, 0.15) is 16.1 Å². The molecule has 1 aliphatic heterocycles. The van der Waals surface area contributed by atoms with Gasteiger partial charge < -0.3 is 9.64 Å². The average Bonchev–Trinajstić information content (AvgIpc) is 2.57. The minimum Gasteiger partial charge on any atom is -0.486 e. The number of alkyl halides is 3. The van der Waals surface area contributed by atoms with Gasteiger partial charge in [0.25, 0.3) is 5.91 Å². The van der Waals surface area contributed by atoms with Crippen LogP contribution in [-0.2, 0) is 6.18 Å². The lowest BCUT2D eigenvalue weighted by molar-refractivity contribution is -0.139. The van der Waals surface area contributed by atoms with Gasteiger partial charge in [-0.3, -0.25) is 10.2 Å². The lowest BCUT2D eigenvalue weighted by atomic mass is 10.1. The van der Waals surface area contributed by atoms with E-state index in [1.54, 1.807) is 11.0 Å². The molecule has 0 aliphatic carbocycles. The molecule has 1 aromatic carbocycles. The van der Waals surface area contributed by atoms with Crippen LogP contribution in [0, 0.1) is 0 Å². The van der Waals surface area contributed by atoms with Gasteiger partial charge in [-0.15, -0.1) is 10.2 Å². The van der Waals surface area contributed by atoms with E-state index in [9.17, 15) is 18.0 Å². The lowest BCUT2D eigenvalue weighted by Gasteiger charge is -2.39. The highest BCUT2D eigenvalue weighted by atomic mass is 19.4. The van der Waals surface area contributed by atoms with Crippen LogP contribution >= 0.6 is 0 Å². The van der Waals surface area contributed by atoms with Crippen molar-refractivity contribution in [3.8, 4) is 5.75 Å². The Balaban J connectivity index is 1.61. The summed E-state index contributed by atoms with van der Waals surface area (Å²) in [4.78, 5) is 13.1. The molecule has 0 bridgehead atoms. The van der Waals surface area contributed by atoms with Crippen LogP contribution < -0.4 is 20.9 Å². The van der Waals surface area contributed by atoms with Gasteiger partial charge in [-0.05, 0) is 24.3 Å². The van der Waals surface area contributed by atoms with Crippen molar-refractivity contribution in [2.24, 2.45) is 5.84 Å². The Labute approximate surface area is 140 Å². The normalized spacial score (nSPS) is 14.8. The molecule has 0 atom stereocenters. The number of rotatable bonds is 4.